The number of ketones is 1. The number of morpholine rings is 1. The van der Waals surface area contributed by atoms with E-state index in [9.17, 15) is 9.18 Å². The second kappa shape index (κ2) is 6.95. The smallest absolute Gasteiger partial charge is 0.151 e. The lowest BCUT2D eigenvalue weighted by Gasteiger charge is -2.37. The molecule has 3 nitrogen and oxygen atoms in total. The molecule has 1 aromatic carbocycles. The number of benzene rings is 1. The van der Waals surface area contributed by atoms with Crippen LogP contribution in [0.5, 0.6) is 0 Å². The first kappa shape index (κ1) is 15.1. The third-order valence-corrected chi connectivity index (χ3v) is 3.75. The van der Waals surface area contributed by atoms with Crippen molar-refractivity contribution in [3.05, 3.63) is 35.6 Å². The molecule has 0 saturated carbocycles. The summed E-state index contributed by atoms with van der Waals surface area (Å²) in [6.45, 7) is 6.09. The van der Waals surface area contributed by atoms with Crippen molar-refractivity contribution in [2.24, 2.45) is 0 Å². The molecule has 110 valence electrons. The number of halogens is 1. The van der Waals surface area contributed by atoms with E-state index in [2.05, 4.69) is 11.8 Å². The van der Waals surface area contributed by atoms with Crippen LogP contribution in [0.25, 0.3) is 0 Å². The zero-order valence-corrected chi connectivity index (χ0v) is 12.1. The molecule has 20 heavy (non-hydrogen) atoms. The highest BCUT2D eigenvalue weighted by Gasteiger charge is 2.26. The highest BCUT2D eigenvalue weighted by molar-refractivity contribution is 5.82. The number of hydrogen-bond acceptors (Lipinski definition) is 3. The van der Waals surface area contributed by atoms with E-state index in [0.717, 1.165) is 18.5 Å². The van der Waals surface area contributed by atoms with E-state index in [1.54, 1.807) is 12.1 Å². The maximum Gasteiger partial charge on any atom is 0.151 e. The minimum Gasteiger partial charge on any atom is -0.376 e. The van der Waals surface area contributed by atoms with Gasteiger partial charge in [0.1, 0.15) is 5.82 Å². The lowest BCUT2D eigenvalue weighted by Crippen LogP contribution is -2.50. The van der Waals surface area contributed by atoms with Crippen LogP contribution in [0.1, 0.15) is 25.8 Å². The molecule has 1 heterocycles. The van der Waals surface area contributed by atoms with E-state index in [4.69, 9.17) is 4.74 Å². The second-order valence-electron chi connectivity index (χ2n) is 5.48. The Morgan fingerprint density at radius 3 is 2.75 bits per heavy atom. The molecule has 1 fully saturated rings. The van der Waals surface area contributed by atoms with Crippen molar-refractivity contribution in [3.8, 4) is 0 Å². The molecule has 2 unspecified atom stereocenters. The van der Waals surface area contributed by atoms with Gasteiger partial charge in [-0.2, -0.15) is 0 Å². The van der Waals surface area contributed by atoms with Gasteiger partial charge in [0.25, 0.3) is 0 Å². The van der Waals surface area contributed by atoms with E-state index in [-0.39, 0.29) is 17.7 Å². The summed E-state index contributed by atoms with van der Waals surface area (Å²) >= 11 is 0. The van der Waals surface area contributed by atoms with Crippen LogP contribution >= 0.6 is 0 Å². The molecule has 0 radical (unpaired) electrons. The average molecular weight is 279 g/mol. The Labute approximate surface area is 119 Å². The third kappa shape index (κ3) is 4.12. The van der Waals surface area contributed by atoms with E-state index in [0.29, 0.717) is 25.6 Å². The zero-order chi connectivity index (χ0) is 14.5. The lowest BCUT2D eigenvalue weighted by atomic mass is 10.1. The van der Waals surface area contributed by atoms with Crippen LogP contribution in [0.4, 0.5) is 4.39 Å². The number of carbonyl (C=O) groups excluding carboxylic acids is 1. The van der Waals surface area contributed by atoms with Gasteiger partial charge in [-0.3, -0.25) is 9.69 Å². The van der Waals surface area contributed by atoms with Crippen LogP contribution < -0.4 is 0 Å². The van der Waals surface area contributed by atoms with Crippen molar-refractivity contribution in [3.63, 3.8) is 0 Å². The standard InChI is InChI=1S/C16H22FNO2/c1-3-15-11-20-12(2)9-18(15)10-16(19)8-13-4-6-14(17)7-5-13/h4-7,12,15H,3,8-11H2,1-2H3. The largest absolute Gasteiger partial charge is 0.376 e. The van der Waals surface area contributed by atoms with Crippen LogP contribution in [0.3, 0.4) is 0 Å². The van der Waals surface area contributed by atoms with Crippen molar-refractivity contribution in [1.82, 2.24) is 4.90 Å². The van der Waals surface area contributed by atoms with Crippen LogP contribution in [-0.2, 0) is 16.0 Å². The van der Waals surface area contributed by atoms with Gasteiger partial charge in [0, 0.05) is 19.0 Å². The molecule has 4 heteroatoms. The first-order chi connectivity index (χ1) is 9.58. The highest BCUT2D eigenvalue weighted by atomic mass is 19.1. The molecule has 0 bridgehead atoms. The van der Waals surface area contributed by atoms with Gasteiger partial charge < -0.3 is 4.74 Å². The summed E-state index contributed by atoms with van der Waals surface area (Å²) in [6.07, 6.45) is 1.52. The lowest BCUT2D eigenvalue weighted by molar-refractivity contribution is -0.123. The number of hydrogen-bond donors (Lipinski definition) is 0. The van der Waals surface area contributed by atoms with Gasteiger partial charge in [0.2, 0.25) is 0 Å². The van der Waals surface area contributed by atoms with Gasteiger partial charge in [-0.25, -0.2) is 4.39 Å². The molecule has 1 saturated heterocycles. The Balaban J connectivity index is 1.90. The Hall–Kier alpha value is -1.26. The topological polar surface area (TPSA) is 29.5 Å². The van der Waals surface area contributed by atoms with Gasteiger partial charge >= 0.3 is 0 Å². The summed E-state index contributed by atoms with van der Waals surface area (Å²) in [7, 11) is 0. The third-order valence-electron chi connectivity index (χ3n) is 3.75. The predicted octanol–water partition coefficient (Wildman–Crippen LogP) is 2.44. The summed E-state index contributed by atoms with van der Waals surface area (Å²) in [5.41, 5.74) is 0.866. The maximum atomic E-state index is 12.8. The van der Waals surface area contributed by atoms with Gasteiger partial charge in [0.15, 0.2) is 5.78 Å². The Morgan fingerprint density at radius 2 is 2.10 bits per heavy atom. The molecule has 2 atom stereocenters. The van der Waals surface area contributed by atoms with Crippen LogP contribution in [0.15, 0.2) is 24.3 Å². The first-order valence-electron chi connectivity index (χ1n) is 7.20. The summed E-state index contributed by atoms with van der Waals surface area (Å²) in [5, 5.41) is 0. The molecule has 1 aliphatic rings. The second-order valence-corrected chi connectivity index (χ2v) is 5.48. The van der Waals surface area contributed by atoms with E-state index in [1.807, 2.05) is 6.92 Å². The van der Waals surface area contributed by atoms with Crippen LogP contribution in [-0.4, -0.2) is 42.5 Å². The fourth-order valence-corrected chi connectivity index (χ4v) is 2.59. The van der Waals surface area contributed by atoms with Crippen molar-refractivity contribution in [2.45, 2.75) is 38.8 Å². The van der Waals surface area contributed by atoms with E-state index in [1.165, 1.54) is 12.1 Å². The van der Waals surface area contributed by atoms with Crippen molar-refractivity contribution in [1.29, 1.82) is 0 Å². The summed E-state index contributed by atoms with van der Waals surface area (Å²) in [6, 6.07) is 6.46. The average Bonchev–Trinajstić information content (AvgIpc) is 2.41. The van der Waals surface area contributed by atoms with Crippen molar-refractivity contribution < 1.29 is 13.9 Å². The van der Waals surface area contributed by atoms with Gasteiger partial charge in [-0.1, -0.05) is 19.1 Å². The highest BCUT2D eigenvalue weighted by Crippen LogP contribution is 2.14. The molecule has 0 aromatic heterocycles. The van der Waals surface area contributed by atoms with Gasteiger partial charge in [-0.05, 0) is 31.0 Å². The van der Waals surface area contributed by atoms with Gasteiger partial charge in [0.05, 0.1) is 19.3 Å². The molecule has 1 aliphatic heterocycles. The van der Waals surface area contributed by atoms with E-state index >= 15 is 0 Å². The first-order valence-corrected chi connectivity index (χ1v) is 7.20. The van der Waals surface area contributed by atoms with Crippen LogP contribution in [0, 0.1) is 5.82 Å². The summed E-state index contributed by atoms with van der Waals surface area (Å²) in [5.74, 6) is -0.0987. The molecular weight excluding hydrogens is 257 g/mol. The number of carbonyl (C=O) groups is 1. The summed E-state index contributed by atoms with van der Waals surface area (Å²) in [4.78, 5) is 14.4. The van der Waals surface area contributed by atoms with E-state index < -0.39 is 0 Å². The fraction of sp³-hybridized carbons (Fsp3) is 0.562. The fourth-order valence-electron chi connectivity index (χ4n) is 2.59. The predicted molar refractivity (Wildman–Crippen MR) is 76.2 cm³/mol. The SMILES string of the molecule is CCC1COC(C)CN1CC(=O)Cc1ccc(F)cc1. The molecular formula is C16H22FNO2. The number of Topliss-reactive ketones (excluding diaryl/α,β-unsaturated/α-hetero) is 1. The molecule has 2 rings (SSSR count). The minimum absolute atomic E-state index is 0.171. The molecule has 0 spiro atoms. The number of ether oxygens (including phenoxy) is 1. The molecule has 0 N–H and O–H groups in total. The quantitative estimate of drug-likeness (QED) is 0.829. The number of rotatable bonds is 5. The molecule has 0 amide bonds. The molecule has 0 aliphatic carbocycles. The normalized spacial score (nSPS) is 23.8. The van der Waals surface area contributed by atoms with Crippen LogP contribution in [0.2, 0.25) is 0 Å². The van der Waals surface area contributed by atoms with Gasteiger partial charge in [-0.15, -0.1) is 0 Å². The zero-order valence-electron chi connectivity index (χ0n) is 12.1. The Bertz CT molecular complexity index is 446. The number of nitrogens with zero attached hydrogens (tertiary/aromatic N) is 1. The maximum absolute atomic E-state index is 12.8. The Kier molecular flexibility index (Phi) is 5.26. The molecule has 1 aromatic rings. The monoisotopic (exact) mass is 279 g/mol. The summed E-state index contributed by atoms with van der Waals surface area (Å²) < 4.78 is 18.5. The Morgan fingerprint density at radius 1 is 1.40 bits per heavy atom. The van der Waals surface area contributed by atoms with Crippen molar-refractivity contribution in [2.75, 3.05) is 19.7 Å². The minimum atomic E-state index is -0.269. The van der Waals surface area contributed by atoms with Crippen molar-refractivity contribution >= 4 is 5.78 Å².